The van der Waals surface area contributed by atoms with E-state index in [4.69, 9.17) is 16.3 Å². The lowest BCUT2D eigenvalue weighted by Crippen LogP contribution is -2.35. The summed E-state index contributed by atoms with van der Waals surface area (Å²) in [5.74, 6) is 0.785. The Morgan fingerprint density at radius 2 is 1.59 bits per heavy atom. The quantitative estimate of drug-likeness (QED) is 0.0959. The number of unbranched alkanes of at least 4 members (excludes halogenated alkanes) is 11. The number of amides is 1. The van der Waals surface area contributed by atoms with Crippen LogP contribution in [0, 0.1) is 6.92 Å². The predicted molar refractivity (Wildman–Crippen MR) is 175 cm³/mol. The van der Waals surface area contributed by atoms with Crippen LogP contribution in [0.3, 0.4) is 0 Å². The van der Waals surface area contributed by atoms with Crippen LogP contribution in [0.5, 0.6) is 5.75 Å². The molecule has 41 heavy (non-hydrogen) atoms. The molecule has 0 atom stereocenters. The summed E-state index contributed by atoms with van der Waals surface area (Å²) in [5, 5.41) is 0.643. The van der Waals surface area contributed by atoms with Crippen LogP contribution in [-0.2, 0) is 17.8 Å². The van der Waals surface area contributed by atoms with Crippen molar-refractivity contribution in [3.63, 3.8) is 0 Å². The van der Waals surface area contributed by atoms with Gasteiger partial charge in [-0.15, -0.1) is 0 Å². The number of aryl methyl sites for hydroxylation is 1. The number of hydrogen-bond acceptors (Lipinski definition) is 3. The first-order valence-corrected chi connectivity index (χ1v) is 16.9. The van der Waals surface area contributed by atoms with E-state index in [-0.39, 0.29) is 5.91 Å². The van der Waals surface area contributed by atoms with E-state index in [1.807, 2.05) is 41.3 Å². The Morgan fingerprint density at radius 1 is 0.927 bits per heavy atom. The van der Waals surface area contributed by atoms with Gasteiger partial charge in [0.1, 0.15) is 5.75 Å². The molecule has 3 aromatic rings. The first kappa shape index (κ1) is 33.1. The Morgan fingerprint density at radius 3 is 2.22 bits per heavy atom. The third kappa shape index (κ3) is 12.2. The monoisotopic (exact) mass is 597 g/mol. The number of thiazole rings is 1. The van der Waals surface area contributed by atoms with Gasteiger partial charge >= 0.3 is 0 Å². The summed E-state index contributed by atoms with van der Waals surface area (Å²) in [6, 6.07) is 14.2. The summed E-state index contributed by atoms with van der Waals surface area (Å²) in [6.07, 6.45) is 18.8. The van der Waals surface area contributed by atoms with Crippen molar-refractivity contribution in [2.24, 2.45) is 0 Å². The number of hydrogen-bond donors (Lipinski definition) is 0. The second-order valence-electron chi connectivity index (χ2n) is 11.2. The number of carbonyl (C=O) groups excluding carboxylic acids is 1. The highest BCUT2D eigenvalue weighted by atomic mass is 35.5. The largest absolute Gasteiger partial charge is 0.492 e. The molecule has 0 unspecified atom stereocenters. The van der Waals surface area contributed by atoms with Gasteiger partial charge in [-0.2, -0.15) is 4.57 Å². The highest BCUT2D eigenvalue weighted by Crippen LogP contribution is 2.27. The number of anilines is 1. The van der Waals surface area contributed by atoms with Gasteiger partial charge in [0.2, 0.25) is 11.4 Å². The Kier molecular flexibility index (Phi) is 15.3. The summed E-state index contributed by atoms with van der Waals surface area (Å²) in [4.78, 5) is 15.9. The SMILES string of the molecule is CCCCCCCCCCCCCCOc1cc(CCN(C(C)=O)c2ccccc2C[n+]2csc(C)c2)ccc1Cl. The van der Waals surface area contributed by atoms with Gasteiger partial charge in [-0.3, -0.25) is 4.79 Å². The summed E-state index contributed by atoms with van der Waals surface area (Å²) in [5.41, 5.74) is 5.34. The average Bonchev–Trinajstić information content (AvgIpc) is 3.37. The van der Waals surface area contributed by atoms with Gasteiger partial charge in [0.15, 0.2) is 12.7 Å². The molecule has 0 aliphatic carbocycles. The van der Waals surface area contributed by atoms with Crippen LogP contribution < -0.4 is 14.2 Å². The molecule has 6 heteroatoms. The van der Waals surface area contributed by atoms with Crippen molar-refractivity contribution in [3.05, 3.63) is 75.2 Å². The normalized spacial score (nSPS) is 11.1. The van der Waals surface area contributed by atoms with E-state index in [1.165, 1.54) is 75.5 Å². The van der Waals surface area contributed by atoms with Gasteiger partial charge in [-0.05, 0) is 43.5 Å². The number of aromatic nitrogens is 1. The molecule has 3 rings (SSSR count). The molecule has 0 N–H and O–H groups in total. The molecule has 2 aromatic carbocycles. The predicted octanol–water partition coefficient (Wildman–Crippen LogP) is 9.72. The molecule has 4 nitrogen and oxygen atoms in total. The molecule has 0 fully saturated rings. The van der Waals surface area contributed by atoms with E-state index in [0.717, 1.165) is 42.0 Å². The number of para-hydroxylation sites is 1. The Labute approximate surface area is 257 Å². The zero-order valence-corrected chi connectivity index (χ0v) is 27.1. The van der Waals surface area contributed by atoms with Crippen molar-refractivity contribution >= 4 is 34.5 Å². The summed E-state index contributed by atoms with van der Waals surface area (Å²) >= 11 is 8.19. The number of benzene rings is 2. The van der Waals surface area contributed by atoms with E-state index in [2.05, 4.69) is 36.2 Å². The van der Waals surface area contributed by atoms with Crippen LogP contribution in [0.4, 0.5) is 5.69 Å². The number of rotatable bonds is 20. The topological polar surface area (TPSA) is 33.4 Å². The molecule has 0 saturated carbocycles. The first-order chi connectivity index (χ1) is 20.0. The Hall–Kier alpha value is -2.37. The van der Waals surface area contributed by atoms with Gasteiger partial charge in [0.05, 0.1) is 22.2 Å². The lowest BCUT2D eigenvalue weighted by atomic mass is 10.1. The summed E-state index contributed by atoms with van der Waals surface area (Å²) < 4.78 is 8.26. The third-order valence-electron chi connectivity index (χ3n) is 7.61. The minimum atomic E-state index is 0.0429. The second-order valence-corrected chi connectivity index (χ2v) is 12.7. The number of carbonyl (C=O) groups is 1. The fraction of sp³-hybridized carbons (Fsp3) is 0.543. The van der Waals surface area contributed by atoms with Gasteiger partial charge in [0, 0.05) is 19.0 Å². The van der Waals surface area contributed by atoms with E-state index in [1.54, 1.807) is 18.3 Å². The summed E-state index contributed by atoms with van der Waals surface area (Å²) in [7, 11) is 0. The standard InChI is InChI=1S/C35H50ClN2O2S/c1-4-5-6-7-8-9-10-11-12-13-14-17-24-40-35-25-31(20-21-33(35)36)22-23-38(30(3)39)34-19-16-15-18-32(34)27-37-26-29(2)41-28-37/h15-16,18-21,25-26,28H,4-14,17,22-24,27H2,1-3H3/q+1. The van der Waals surface area contributed by atoms with Crippen LogP contribution in [-0.4, -0.2) is 19.1 Å². The van der Waals surface area contributed by atoms with E-state index in [0.29, 0.717) is 18.2 Å². The second kappa shape index (κ2) is 18.9. The highest BCUT2D eigenvalue weighted by molar-refractivity contribution is 7.09. The number of halogens is 1. The van der Waals surface area contributed by atoms with E-state index >= 15 is 0 Å². The number of ether oxygens (including phenoxy) is 1. The van der Waals surface area contributed by atoms with Crippen LogP contribution >= 0.6 is 22.9 Å². The Bertz CT molecular complexity index is 1180. The molecular weight excluding hydrogens is 548 g/mol. The zero-order valence-electron chi connectivity index (χ0n) is 25.5. The lowest BCUT2D eigenvalue weighted by Gasteiger charge is -2.23. The van der Waals surface area contributed by atoms with Crippen LogP contribution in [0.1, 0.15) is 107 Å². The minimum Gasteiger partial charge on any atom is -0.492 e. The van der Waals surface area contributed by atoms with Crippen molar-refractivity contribution in [2.45, 2.75) is 111 Å². The molecular formula is C35H50ClN2O2S+. The van der Waals surface area contributed by atoms with Crippen LogP contribution in [0.15, 0.2) is 54.2 Å². The smallest absolute Gasteiger partial charge is 0.225 e. The zero-order chi connectivity index (χ0) is 29.3. The fourth-order valence-electron chi connectivity index (χ4n) is 5.26. The van der Waals surface area contributed by atoms with E-state index in [9.17, 15) is 4.79 Å². The minimum absolute atomic E-state index is 0.0429. The van der Waals surface area contributed by atoms with E-state index < -0.39 is 0 Å². The fourth-order valence-corrected chi connectivity index (χ4v) is 6.07. The maximum Gasteiger partial charge on any atom is 0.225 e. The molecule has 0 bridgehead atoms. The molecule has 224 valence electrons. The van der Waals surface area contributed by atoms with Crippen molar-refractivity contribution in [3.8, 4) is 5.75 Å². The van der Waals surface area contributed by atoms with Gasteiger partial charge in [0.25, 0.3) is 0 Å². The lowest BCUT2D eigenvalue weighted by molar-refractivity contribution is -0.683. The third-order valence-corrected chi connectivity index (χ3v) is 8.78. The van der Waals surface area contributed by atoms with Crippen LogP contribution in [0.25, 0.3) is 0 Å². The first-order valence-electron chi connectivity index (χ1n) is 15.7. The summed E-state index contributed by atoms with van der Waals surface area (Å²) in [6.45, 7) is 8.05. The average molecular weight is 598 g/mol. The van der Waals surface area contributed by atoms with Crippen molar-refractivity contribution < 1.29 is 14.1 Å². The highest BCUT2D eigenvalue weighted by Gasteiger charge is 2.18. The van der Waals surface area contributed by atoms with Crippen molar-refractivity contribution in [1.29, 1.82) is 0 Å². The molecule has 0 spiro atoms. The maximum atomic E-state index is 12.7. The van der Waals surface area contributed by atoms with Gasteiger partial charge in [-0.1, -0.05) is 125 Å². The van der Waals surface area contributed by atoms with Crippen molar-refractivity contribution in [1.82, 2.24) is 0 Å². The van der Waals surface area contributed by atoms with Crippen LogP contribution in [0.2, 0.25) is 5.02 Å². The molecule has 0 radical (unpaired) electrons. The molecule has 1 aromatic heterocycles. The molecule has 1 amide bonds. The Balaban J connectivity index is 1.42. The van der Waals surface area contributed by atoms with Crippen molar-refractivity contribution in [2.75, 3.05) is 18.1 Å². The van der Waals surface area contributed by atoms with Gasteiger partial charge in [-0.25, -0.2) is 0 Å². The van der Waals surface area contributed by atoms with Gasteiger partial charge < -0.3 is 9.64 Å². The molecule has 1 heterocycles. The number of nitrogens with zero attached hydrogens (tertiary/aromatic N) is 2. The molecule has 0 aliphatic heterocycles. The molecule has 0 aliphatic rings. The maximum absolute atomic E-state index is 12.7. The molecule has 0 saturated heterocycles.